The van der Waals surface area contributed by atoms with E-state index in [1.165, 1.54) is 20.8 Å². The van der Waals surface area contributed by atoms with Crippen molar-refractivity contribution in [2.45, 2.75) is 45.3 Å². The molecule has 0 aliphatic rings. The van der Waals surface area contributed by atoms with Crippen LogP contribution >= 0.6 is 0 Å². The van der Waals surface area contributed by atoms with Crippen LogP contribution in [0.4, 0.5) is 0 Å². The SMILES string of the molecule is CC(C)(O)C(=O)O.CCC(C)(O)C(=O)O. The van der Waals surface area contributed by atoms with E-state index in [0.29, 0.717) is 0 Å². The van der Waals surface area contributed by atoms with Crippen molar-refractivity contribution in [3.05, 3.63) is 0 Å². The van der Waals surface area contributed by atoms with Gasteiger partial charge in [-0.1, -0.05) is 6.92 Å². The third-order valence-electron chi connectivity index (χ3n) is 1.67. The second-order valence-electron chi connectivity index (χ2n) is 3.80. The fraction of sp³-hybridized carbons (Fsp3) is 0.778. The lowest BCUT2D eigenvalue weighted by Gasteiger charge is -2.13. The summed E-state index contributed by atoms with van der Waals surface area (Å²) in [5, 5.41) is 33.5. The van der Waals surface area contributed by atoms with Crippen LogP contribution in [-0.2, 0) is 9.59 Å². The highest BCUT2D eigenvalue weighted by Gasteiger charge is 2.26. The summed E-state index contributed by atoms with van der Waals surface area (Å²) in [5.74, 6) is -2.37. The highest BCUT2D eigenvalue weighted by Crippen LogP contribution is 2.06. The lowest BCUT2D eigenvalue weighted by molar-refractivity contribution is -0.156. The molecule has 90 valence electrons. The zero-order valence-electron chi connectivity index (χ0n) is 9.31. The molecule has 0 rings (SSSR count). The molecule has 0 aromatic carbocycles. The van der Waals surface area contributed by atoms with Crippen LogP contribution in [0, 0.1) is 0 Å². The maximum Gasteiger partial charge on any atom is 0.335 e. The van der Waals surface area contributed by atoms with Crippen LogP contribution < -0.4 is 0 Å². The summed E-state index contributed by atoms with van der Waals surface area (Å²) in [5.41, 5.74) is -3.12. The molecule has 0 aromatic heterocycles. The number of aliphatic carboxylic acids is 2. The van der Waals surface area contributed by atoms with Crippen molar-refractivity contribution >= 4 is 11.9 Å². The van der Waals surface area contributed by atoms with Gasteiger partial charge in [0.1, 0.15) is 0 Å². The molecule has 0 aromatic rings. The molecule has 1 unspecified atom stereocenters. The fourth-order valence-corrected chi connectivity index (χ4v) is 0.151. The standard InChI is InChI=1S/C5H10O3.C4H8O3/c1-3-5(2,8)4(6)7;1-4(2,7)3(5)6/h8H,3H2,1-2H3,(H,6,7);7H,1-2H3,(H,5,6). The molecule has 0 spiro atoms. The zero-order valence-corrected chi connectivity index (χ0v) is 9.31. The minimum absolute atomic E-state index is 0.238. The van der Waals surface area contributed by atoms with Gasteiger partial charge in [0, 0.05) is 0 Å². The normalized spacial score (nSPS) is 14.5. The molecule has 6 heteroatoms. The lowest BCUT2D eigenvalue weighted by Crippen LogP contribution is -2.33. The topological polar surface area (TPSA) is 115 Å². The Labute approximate surface area is 88.2 Å². The maximum atomic E-state index is 10.0. The van der Waals surface area contributed by atoms with Crippen molar-refractivity contribution in [1.29, 1.82) is 0 Å². The van der Waals surface area contributed by atoms with Crippen LogP contribution in [-0.4, -0.2) is 43.6 Å². The molecule has 1 atom stereocenters. The second kappa shape index (κ2) is 5.67. The number of hydrogen-bond acceptors (Lipinski definition) is 4. The molecule has 0 aliphatic heterocycles. The molecule has 4 N–H and O–H groups in total. The Balaban J connectivity index is 0. The van der Waals surface area contributed by atoms with Crippen molar-refractivity contribution in [3.8, 4) is 0 Å². The molecule has 6 nitrogen and oxygen atoms in total. The first-order valence-corrected chi connectivity index (χ1v) is 4.36. The summed E-state index contributed by atoms with van der Waals surface area (Å²) in [6, 6.07) is 0. The number of carbonyl (C=O) groups is 2. The monoisotopic (exact) mass is 222 g/mol. The van der Waals surface area contributed by atoms with Crippen molar-refractivity contribution < 1.29 is 30.0 Å². The van der Waals surface area contributed by atoms with Crippen LogP contribution in [0.15, 0.2) is 0 Å². The van der Waals surface area contributed by atoms with E-state index in [4.69, 9.17) is 20.4 Å². The summed E-state index contributed by atoms with van der Waals surface area (Å²) in [6.07, 6.45) is 0.238. The third kappa shape index (κ3) is 7.90. The predicted molar refractivity (Wildman–Crippen MR) is 52.5 cm³/mol. The Hall–Kier alpha value is -1.14. The van der Waals surface area contributed by atoms with Crippen molar-refractivity contribution in [2.24, 2.45) is 0 Å². The van der Waals surface area contributed by atoms with Crippen LogP contribution in [0.2, 0.25) is 0 Å². The van der Waals surface area contributed by atoms with Crippen LogP contribution in [0.3, 0.4) is 0 Å². The Morgan fingerprint density at radius 3 is 1.27 bits per heavy atom. The number of hydrogen-bond donors (Lipinski definition) is 4. The average Bonchev–Trinajstić information content (AvgIpc) is 2.03. The summed E-state index contributed by atoms with van der Waals surface area (Å²) >= 11 is 0. The van der Waals surface area contributed by atoms with E-state index in [0.717, 1.165) is 0 Å². The van der Waals surface area contributed by atoms with E-state index < -0.39 is 23.1 Å². The van der Waals surface area contributed by atoms with Gasteiger partial charge in [-0.3, -0.25) is 0 Å². The lowest BCUT2D eigenvalue weighted by atomic mass is 10.1. The van der Waals surface area contributed by atoms with E-state index in [1.54, 1.807) is 6.92 Å². The summed E-state index contributed by atoms with van der Waals surface area (Å²) in [6.45, 7) is 5.33. The first-order valence-electron chi connectivity index (χ1n) is 4.36. The highest BCUT2D eigenvalue weighted by molar-refractivity contribution is 5.76. The highest BCUT2D eigenvalue weighted by atomic mass is 16.4. The van der Waals surface area contributed by atoms with Gasteiger partial charge in [-0.05, 0) is 27.2 Å². The first kappa shape index (κ1) is 16.3. The fourth-order valence-electron chi connectivity index (χ4n) is 0.151. The van der Waals surface area contributed by atoms with Gasteiger partial charge in [-0.15, -0.1) is 0 Å². The van der Waals surface area contributed by atoms with Crippen molar-refractivity contribution in [1.82, 2.24) is 0 Å². The molecule has 0 saturated carbocycles. The number of carboxylic acid groups (broad SMARTS) is 2. The Morgan fingerprint density at radius 2 is 1.27 bits per heavy atom. The molecule has 0 saturated heterocycles. The van der Waals surface area contributed by atoms with Crippen LogP contribution in [0.1, 0.15) is 34.1 Å². The van der Waals surface area contributed by atoms with Gasteiger partial charge in [0.2, 0.25) is 0 Å². The molecule has 0 amide bonds. The third-order valence-corrected chi connectivity index (χ3v) is 1.67. The largest absolute Gasteiger partial charge is 0.479 e. The second-order valence-corrected chi connectivity index (χ2v) is 3.80. The summed E-state index contributed by atoms with van der Waals surface area (Å²) in [7, 11) is 0. The maximum absolute atomic E-state index is 10.0. The molecule has 0 fully saturated rings. The first-order chi connectivity index (χ1) is 6.45. The Bertz CT molecular complexity index is 225. The van der Waals surface area contributed by atoms with Gasteiger partial charge in [0.25, 0.3) is 0 Å². The molecule has 0 aliphatic carbocycles. The van der Waals surface area contributed by atoms with Gasteiger partial charge >= 0.3 is 11.9 Å². The van der Waals surface area contributed by atoms with Gasteiger partial charge < -0.3 is 20.4 Å². The molecule has 0 bridgehead atoms. The number of aliphatic hydroxyl groups is 2. The minimum atomic E-state index is -1.58. The smallest absolute Gasteiger partial charge is 0.335 e. The molecule has 0 heterocycles. The van der Waals surface area contributed by atoms with E-state index in [2.05, 4.69) is 0 Å². The van der Waals surface area contributed by atoms with E-state index in [1.807, 2.05) is 0 Å². The minimum Gasteiger partial charge on any atom is -0.479 e. The van der Waals surface area contributed by atoms with Crippen molar-refractivity contribution in [3.63, 3.8) is 0 Å². The van der Waals surface area contributed by atoms with E-state index in [9.17, 15) is 9.59 Å². The number of rotatable bonds is 3. The number of carboxylic acids is 2. The van der Waals surface area contributed by atoms with Gasteiger partial charge in [0.15, 0.2) is 11.2 Å². The summed E-state index contributed by atoms with van der Waals surface area (Å²) < 4.78 is 0. The Kier molecular flexibility index (Phi) is 6.16. The molecule has 15 heavy (non-hydrogen) atoms. The van der Waals surface area contributed by atoms with Gasteiger partial charge in [-0.2, -0.15) is 0 Å². The average molecular weight is 222 g/mol. The Morgan fingerprint density at radius 1 is 1.00 bits per heavy atom. The molecular formula is C9H18O6. The summed E-state index contributed by atoms with van der Waals surface area (Å²) in [4.78, 5) is 19.8. The van der Waals surface area contributed by atoms with E-state index in [-0.39, 0.29) is 6.42 Å². The van der Waals surface area contributed by atoms with Crippen LogP contribution in [0.5, 0.6) is 0 Å². The van der Waals surface area contributed by atoms with Gasteiger partial charge in [-0.25, -0.2) is 9.59 Å². The van der Waals surface area contributed by atoms with Crippen LogP contribution in [0.25, 0.3) is 0 Å². The van der Waals surface area contributed by atoms with E-state index >= 15 is 0 Å². The quantitative estimate of drug-likeness (QED) is 0.537. The molecular weight excluding hydrogens is 204 g/mol. The van der Waals surface area contributed by atoms with Gasteiger partial charge in [0.05, 0.1) is 0 Å². The van der Waals surface area contributed by atoms with Crippen molar-refractivity contribution in [2.75, 3.05) is 0 Å². The predicted octanol–water partition coefficient (Wildman–Crippen LogP) is 0.0739. The zero-order chi connectivity index (χ0) is 12.9. The molecule has 0 radical (unpaired) electrons.